The Balaban J connectivity index is 1.06. The van der Waals surface area contributed by atoms with Gasteiger partial charge in [-0.15, -0.1) is 0 Å². The maximum Gasteiger partial charge on any atom is 0.0488 e. The van der Waals surface area contributed by atoms with Gasteiger partial charge in [-0.05, 0) is 144 Å². The molecule has 0 aromatic heterocycles. The molecule has 0 spiro atoms. The molecule has 0 atom stereocenters. The van der Waals surface area contributed by atoms with Gasteiger partial charge in [0, 0.05) is 39.5 Å². The van der Waals surface area contributed by atoms with Crippen molar-refractivity contribution in [1.82, 2.24) is 0 Å². The lowest BCUT2D eigenvalue weighted by atomic mass is 9.82. The minimum Gasteiger partial charge on any atom is -0.310 e. The molecule has 0 unspecified atom stereocenters. The third-order valence-corrected chi connectivity index (χ3v) is 14.0. The number of para-hydroxylation sites is 2. The fourth-order valence-electron chi connectivity index (χ4n) is 10.6. The van der Waals surface area contributed by atoms with Gasteiger partial charge in [-0.25, -0.2) is 0 Å². The van der Waals surface area contributed by atoms with Crippen molar-refractivity contribution in [1.29, 1.82) is 0 Å². The molecule has 0 saturated carbocycles. The van der Waals surface area contributed by atoms with Crippen molar-refractivity contribution in [3.63, 3.8) is 0 Å². The fraction of sp³-hybridized carbons (Fsp3) is 0.0448. The summed E-state index contributed by atoms with van der Waals surface area (Å²) < 4.78 is 0. The molecule has 0 heterocycles. The average molecular weight is 883 g/mol. The van der Waals surface area contributed by atoms with Crippen LogP contribution in [0.1, 0.15) is 25.0 Å². The van der Waals surface area contributed by atoms with Gasteiger partial charge in [-0.1, -0.05) is 214 Å². The molecule has 1 aliphatic carbocycles. The van der Waals surface area contributed by atoms with Crippen LogP contribution in [0.25, 0.3) is 66.4 Å². The van der Waals surface area contributed by atoms with Crippen molar-refractivity contribution < 1.29 is 0 Å². The van der Waals surface area contributed by atoms with Gasteiger partial charge in [-0.3, -0.25) is 0 Å². The molecule has 11 aromatic carbocycles. The van der Waals surface area contributed by atoms with Crippen LogP contribution in [0, 0.1) is 0 Å². The monoisotopic (exact) mass is 882 g/mol. The zero-order chi connectivity index (χ0) is 46.3. The second kappa shape index (κ2) is 17.5. The van der Waals surface area contributed by atoms with Gasteiger partial charge in [0.05, 0.1) is 0 Å². The van der Waals surface area contributed by atoms with Crippen LogP contribution in [-0.2, 0) is 5.41 Å². The van der Waals surface area contributed by atoms with Gasteiger partial charge in [0.15, 0.2) is 0 Å². The van der Waals surface area contributed by atoms with E-state index in [4.69, 9.17) is 0 Å². The summed E-state index contributed by atoms with van der Waals surface area (Å²) in [4.78, 5) is 4.83. The lowest BCUT2D eigenvalue weighted by Gasteiger charge is -2.31. The molecule has 0 amide bonds. The number of anilines is 6. The van der Waals surface area contributed by atoms with Crippen molar-refractivity contribution in [3.8, 4) is 55.6 Å². The third kappa shape index (κ3) is 7.67. The summed E-state index contributed by atoms with van der Waals surface area (Å²) in [6.45, 7) is 4.72. The highest BCUT2D eigenvalue weighted by Gasteiger charge is 2.36. The van der Waals surface area contributed by atoms with E-state index in [1.165, 1.54) is 66.4 Å². The predicted molar refractivity (Wildman–Crippen MR) is 293 cm³/mol. The summed E-state index contributed by atoms with van der Waals surface area (Å²) in [7, 11) is 0. The second-order valence-electron chi connectivity index (χ2n) is 18.5. The Hall–Kier alpha value is -8.72. The zero-order valence-electron chi connectivity index (χ0n) is 38.8. The summed E-state index contributed by atoms with van der Waals surface area (Å²) >= 11 is 0. The van der Waals surface area contributed by atoms with Gasteiger partial charge in [0.1, 0.15) is 0 Å². The van der Waals surface area contributed by atoms with E-state index in [0.717, 1.165) is 45.3 Å². The molecule has 0 radical (unpaired) electrons. The summed E-state index contributed by atoms with van der Waals surface area (Å²) in [6.07, 6.45) is 0. The Kier molecular flexibility index (Phi) is 10.6. The van der Waals surface area contributed by atoms with Gasteiger partial charge in [0.2, 0.25) is 0 Å². The average Bonchev–Trinajstić information content (AvgIpc) is 3.64. The normalized spacial score (nSPS) is 12.3. The fourth-order valence-corrected chi connectivity index (χ4v) is 10.6. The largest absolute Gasteiger partial charge is 0.310 e. The van der Waals surface area contributed by atoms with Crippen LogP contribution in [0.4, 0.5) is 34.1 Å². The first-order valence-corrected chi connectivity index (χ1v) is 23.9. The van der Waals surface area contributed by atoms with E-state index in [1.54, 1.807) is 0 Å². The molecule has 0 bridgehead atoms. The number of hydrogen-bond donors (Lipinski definition) is 0. The maximum atomic E-state index is 2.45. The van der Waals surface area contributed by atoms with Crippen LogP contribution in [0.5, 0.6) is 0 Å². The molecule has 0 N–H and O–H groups in total. The summed E-state index contributed by atoms with van der Waals surface area (Å²) in [6, 6.07) is 97.4. The molecule has 11 aromatic rings. The number of hydrogen-bond acceptors (Lipinski definition) is 2. The smallest absolute Gasteiger partial charge is 0.0488 e. The van der Waals surface area contributed by atoms with Crippen molar-refractivity contribution in [2.24, 2.45) is 0 Å². The molecule has 69 heavy (non-hydrogen) atoms. The van der Waals surface area contributed by atoms with E-state index < -0.39 is 0 Å². The van der Waals surface area contributed by atoms with E-state index in [2.05, 4.69) is 291 Å². The third-order valence-electron chi connectivity index (χ3n) is 14.0. The number of nitrogens with zero attached hydrogens (tertiary/aromatic N) is 2. The van der Waals surface area contributed by atoms with Crippen molar-refractivity contribution >= 4 is 44.9 Å². The van der Waals surface area contributed by atoms with Crippen LogP contribution in [0.15, 0.2) is 267 Å². The lowest BCUT2D eigenvalue weighted by molar-refractivity contribution is 0.660. The van der Waals surface area contributed by atoms with Gasteiger partial charge in [-0.2, -0.15) is 0 Å². The highest BCUT2D eigenvalue weighted by Crippen LogP contribution is 2.51. The molecular weight excluding hydrogens is 833 g/mol. The Morgan fingerprint density at radius 3 is 1.38 bits per heavy atom. The minimum atomic E-state index is -0.164. The Bertz CT molecular complexity index is 3560. The molecule has 1 aliphatic rings. The molecule has 2 heteroatoms. The first kappa shape index (κ1) is 41.7. The number of benzene rings is 11. The molecule has 12 rings (SSSR count). The quantitative estimate of drug-likeness (QED) is 0.135. The summed E-state index contributed by atoms with van der Waals surface area (Å²) in [5.74, 6) is 0. The van der Waals surface area contributed by atoms with E-state index in [-0.39, 0.29) is 5.41 Å². The molecule has 0 fully saturated rings. The summed E-state index contributed by atoms with van der Waals surface area (Å²) in [5, 5.41) is 2.48. The second-order valence-corrected chi connectivity index (χ2v) is 18.5. The molecule has 0 saturated heterocycles. The van der Waals surface area contributed by atoms with Crippen molar-refractivity contribution in [2.45, 2.75) is 19.3 Å². The zero-order valence-corrected chi connectivity index (χ0v) is 38.8. The van der Waals surface area contributed by atoms with E-state index >= 15 is 0 Å². The first-order valence-electron chi connectivity index (χ1n) is 23.9. The molecule has 328 valence electrons. The van der Waals surface area contributed by atoms with Crippen LogP contribution < -0.4 is 9.80 Å². The summed E-state index contributed by atoms with van der Waals surface area (Å²) in [5.41, 5.74) is 21.1. The van der Waals surface area contributed by atoms with E-state index in [9.17, 15) is 0 Å². The molecule has 2 nitrogen and oxygen atoms in total. The van der Waals surface area contributed by atoms with E-state index in [1.807, 2.05) is 0 Å². The Morgan fingerprint density at radius 1 is 0.261 bits per heavy atom. The predicted octanol–water partition coefficient (Wildman–Crippen LogP) is 18.8. The van der Waals surface area contributed by atoms with Crippen molar-refractivity contribution in [3.05, 3.63) is 278 Å². The standard InChI is InChI=1S/C67H50N2/c1-67(2)64-30-18-17-29-62(64)63-42-40-57(46-65(63)67)69(56-38-35-48(36-39-56)47-19-7-3-8-20-47)59-44-53(43-58(45-59)68(54-24-11-5-12-25-54)55-26-13-6-14-27-55)49-31-33-51(34-32-49)61-41-37-50-21-15-16-28-60(50)66(61)52-22-9-4-10-23-52/h3-46H,1-2H3. The SMILES string of the molecule is CC1(C)c2ccccc2-c2ccc(N(c3ccc(-c4ccccc4)cc3)c3cc(-c4ccc(-c5ccc6ccccc6c5-c5ccccc5)cc4)cc(N(c4ccccc4)c4ccccc4)c3)cc21. The van der Waals surface area contributed by atoms with Crippen LogP contribution in [-0.4, -0.2) is 0 Å². The first-order chi connectivity index (χ1) is 34.0. The lowest BCUT2D eigenvalue weighted by Crippen LogP contribution is -2.17. The maximum absolute atomic E-state index is 2.45. The van der Waals surface area contributed by atoms with Crippen LogP contribution in [0.3, 0.4) is 0 Å². The Morgan fingerprint density at radius 2 is 0.710 bits per heavy atom. The highest BCUT2D eigenvalue weighted by molar-refractivity contribution is 6.04. The van der Waals surface area contributed by atoms with Gasteiger partial charge < -0.3 is 9.80 Å². The Labute approximate surface area is 405 Å². The minimum absolute atomic E-state index is 0.164. The van der Waals surface area contributed by atoms with Crippen molar-refractivity contribution in [2.75, 3.05) is 9.80 Å². The van der Waals surface area contributed by atoms with E-state index in [0.29, 0.717) is 0 Å². The topological polar surface area (TPSA) is 6.48 Å². The number of rotatable bonds is 10. The molecule has 0 aliphatic heterocycles. The van der Waals surface area contributed by atoms with Crippen LogP contribution in [0.2, 0.25) is 0 Å². The number of fused-ring (bicyclic) bond motifs is 4. The van der Waals surface area contributed by atoms with Gasteiger partial charge in [0.25, 0.3) is 0 Å². The molecular formula is C67H50N2. The van der Waals surface area contributed by atoms with Crippen LogP contribution >= 0.6 is 0 Å². The highest BCUT2D eigenvalue weighted by atomic mass is 15.2. The van der Waals surface area contributed by atoms with Gasteiger partial charge >= 0.3 is 0 Å².